The number of hydrogen-bond acceptors (Lipinski definition) is 7. The van der Waals surface area contributed by atoms with Gasteiger partial charge in [-0.15, -0.1) is 0 Å². The van der Waals surface area contributed by atoms with Crippen LogP contribution in [0, 0.1) is 19.7 Å². The van der Waals surface area contributed by atoms with Gasteiger partial charge < -0.3 is 10.1 Å². The molecule has 180 valence electrons. The molecule has 35 heavy (non-hydrogen) atoms. The molecule has 0 spiro atoms. The van der Waals surface area contributed by atoms with Gasteiger partial charge in [-0.1, -0.05) is 29.3 Å². The van der Waals surface area contributed by atoms with Crippen molar-refractivity contribution in [1.82, 2.24) is 13.9 Å². The summed E-state index contributed by atoms with van der Waals surface area (Å²) in [6, 6.07) is 11.5. The molecule has 0 amide bonds. The number of benzene rings is 2. The summed E-state index contributed by atoms with van der Waals surface area (Å²) >= 11 is 6.08. The number of nitrogens with zero attached hydrogens (tertiary/aromatic N) is 3. The fourth-order valence-electron chi connectivity index (χ4n) is 3.36. The lowest BCUT2D eigenvalue weighted by molar-refractivity contribution is 0.0593. The smallest absolute Gasteiger partial charge is 0.355 e. The van der Waals surface area contributed by atoms with E-state index in [1.807, 2.05) is 6.92 Å². The Hall–Kier alpha value is -3.76. The number of anilines is 2. The molecule has 0 radical (unpaired) electrons. The third-order valence-electron chi connectivity index (χ3n) is 5.18. The van der Waals surface area contributed by atoms with E-state index < -0.39 is 21.8 Å². The molecule has 0 unspecified atom stereocenters. The first-order valence-electron chi connectivity index (χ1n) is 10.3. The summed E-state index contributed by atoms with van der Waals surface area (Å²) in [4.78, 5) is 21.2. The maximum atomic E-state index is 13.4. The molecule has 0 fully saturated rings. The second-order valence-electron chi connectivity index (χ2n) is 7.69. The zero-order valence-electron chi connectivity index (χ0n) is 18.9. The highest BCUT2D eigenvalue weighted by Gasteiger charge is 2.26. The number of aromatic nitrogens is 3. The van der Waals surface area contributed by atoms with E-state index in [1.54, 1.807) is 19.1 Å². The van der Waals surface area contributed by atoms with Gasteiger partial charge in [0.2, 0.25) is 5.95 Å². The van der Waals surface area contributed by atoms with Crippen molar-refractivity contribution >= 4 is 39.2 Å². The fourth-order valence-corrected chi connectivity index (χ4v) is 4.92. The maximum Gasteiger partial charge on any atom is 0.355 e. The fraction of sp³-hybridized carbons (Fsp3) is 0.125. The zero-order valence-corrected chi connectivity index (χ0v) is 20.5. The van der Waals surface area contributed by atoms with Crippen molar-refractivity contribution < 1.29 is 22.3 Å². The van der Waals surface area contributed by atoms with Crippen LogP contribution in [0.25, 0.3) is 11.3 Å². The van der Waals surface area contributed by atoms with Crippen molar-refractivity contribution in [2.75, 3.05) is 12.4 Å². The predicted molar refractivity (Wildman–Crippen MR) is 130 cm³/mol. The summed E-state index contributed by atoms with van der Waals surface area (Å²) in [7, 11) is -2.94. The number of methoxy groups -OCH3 is 1. The van der Waals surface area contributed by atoms with Gasteiger partial charge in [0.05, 0.1) is 28.4 Å². The summed E-state index contributed by atoms with van der Waals surface area (Å²) in [6.45, 7) is 3.58. The summed E-state index contributed by atoms with van der Waals surface area (Å²) in [5.74, 6) is -1.17. The Bertz CT molecular complexity index is 1540. The first-order chi connectivity index (χ1) is 16.6. The van der Waals surface area contributed by atoms with Gasteiger partial charge in [-0.2, -0.15) is 0 Å². The van der Waals surface area contributed by atoms with Gasteiger partial charge in [-0.25, -0.2) is 31.5 Å². The van der Waals surface area contributed by atoms with Crippen LogP contribution in [-0.4, -0.2) is 35.4 Å². The minimum atomic E-state index is -4.11. The number of aryl methyl sites for hydroxylation is 2. The molecule has 2 heterocycles. The van der Waals surface area contributed by atoms with Crippen molar-refractivity contribution in [3.05, 3.63) is 88.6 Å². The van der Waals surface area contributed by atoms with Crippen LogP contribution in [0.3, 0.4) is 0 Å². The van der Waals surface area contributed by atoms with Crippen LogP contribution in [-0.2, 0) is 14.8 Å². The van der Waals surface area contributed by atoms with Crippen molar-refractivity contribution in [3.63, 3.8) is 0 Å². The molecule has 11 heteroatoms. The van der Waals surface area contributed by atoms with E-state index in [-0.39, 0.29) is 21.6 Å². The first kappa shape index (κ1) is 24.4. The molecule has 8 nitrogen and oxygen atoms in total. The van der Waals surface area contributed by atoms with Gasteiger partial charge in [0, 0.05) is 18.0 Å². The number of hydrogen-bond donors (Lipinski definition) is 1. The van der Waals surface area contributed by atoms with E-state index in [0.717, 1.165) is 15.6 Å². The van der Waals surface area contributed by atoms with Gasteiger partial charge >= 0.3 is 5.97 Å². The van der Waals surface area contributed by atoms with Gasteiger partial charge in [-0.05, 0) is 55.8 Å². The second kappa shape index (κ2) is 9.47. The molecule has 0 saturated heterocycles. The largest absolute Gasteiger partial charge is 0.464 e. The van der Waals surface area contributed by atoms with Crippen LogP contribution in [0.2, 0.25) is 5.02 Å². The standard InChI is InChI=1S/C24H20ClFN4O4S/c1-14-4-7-18(8-5-14)35(32,33)30-13-16(10-21(30)23(31)34-3)22-15(2)12-27-24(29-22)28-20-9-6-17(26)11-19(20)25/h4-13H,1-3H3,(H,27,28,29). The Morgan fingerprint density at radius 2 is 1.83 bits per heavy atom. The van der Waals surface area contributed by atoms with Crippen LogP contribution in [0.1, 0.15) is 21.6 Å². The molecule has 2 aromatic heterocycles. The van der Waals surface area contributed by atoms with Gasteiger partial charge in [-0.3, -0.25) is 0 Å². The number of ether oxygens (including phenoxy) is 1. The van der Waals surface area contributed by atoms with Crippen molar-refractivity contribution in [2.45, 2.75) is 18.7 Å². The lowest BCUT2D eigenvalue weighted by Gasteiger charge is -2.10. The third-order valence-corrected chi connectivity index (χ3v) is 7.18. The Morgan fingerprint density at radius 3 is 2.49 bits per heavy atom. The highest BCUT2D eigenvalue weighted by molar-refractivity contribution is 7.90. The first-order valence-corrected chi connectivity index (χ1v) is 12.1. The minimum absolute atomic E-state index is 0.0168. The van der Waals surface area contributed by atoms with Crippen LogP contribution >= 0.6 is 11.6 Å². The highest BCUT2D eigenvalue weighted by atomic mass is 35.5. The molecular formula is C24H20ClFN4O4S. The number of rotatable bonds is 6. The average Bonchev–Trinajstić information content (AvgIpc) is 3.28. The highest BCUT2D eigenvalue weighted by Crippen LogP contribution is 2.30. The molecule has 0 saturated carbocycles. The number of nitrogens with one attached hydrogen (secondary N) is 1. The summed E-state index contributed by atoms with van der Waals surface area (Å²) in [5, 5.41) is 3.05. The molecule has 0 aliphatic heterocycles. The Kier molecular flexibility index (Phi) is 6.60. The predicted octanol–water partition coefficient (Wildman–Crippen LogP) is 5.12. The SMILES string of the molecule is COC(=O)c1cc(-c2nc(Nc3ccc(F)cc3Cl)ncc2C)cn1S(=O)(=O)c1ccc(C)cc1. The number of halogens is 2. The molecule has 0 aliphatic rings. The monoisotopic (exact) mass is 514 g/mol. The van der Waals surface area contributed by atoms with E-state index in [9.17, 15) is 17.6 Å². The molecule has 2 aromatic carbocycles. The molecular weight excluding hydrogens is 495 g/mol. The van der Waals surface area contributed by atoms with E-state index in [2.05, 4.69) is 15.3 Å². The third kappa shape index (κ3) is 4.89. The van der Waals surface area contributed by atoms with E-state index >= 15 is 0 Å². The molecule has 4 aromatic rings. The second-order valence-corrected chi connectivity index (χ2v) is 9.92. The van der Waals surface area contributed by atoms with Crippen molar-refractivity contribution in [3.8, 4) is 11.3 Å². The van der Waals surface area contributed by atoms with E-state index in [1.165, 1.54) is 49.8 Å². The number of carbonyl (C=O) groups excluding carboxylic acids is 1. The van der Waals surface area contributed by atoms with Crippen LogP contribution in [0.5, 0.6) is 0 Å². The topological polar surface area (TPSA) is 103 Å². The Labute approximate surface area is 206 Å². The summed E-state index contributed by atoms with van der Waals surface area (Å²) in [6.07, 6.45) is 2.84. The number of carbonyl (C=O) groups is 1. The molecule has 0 aliphatic carbocycles. The molecule has 0 bridgehead atoms. The van der Waals surface area contributed by atoms with E-state index in [4.69, 9.17) is 16.3 Å². The maximum absolute atomic E-state index is 13.4. The normalized spacial score (nSPS) is 11.3. The van der Waals surface area contributed by atoms with Crippen LogP contribution < -0.4 is 5.32 Å². The summed E-state index contributed by atoms with van der Waals surface area (Å²) in [5.41, 5.74) is 2.46. The zero-order chi connectivity index (χ0) is 25.3. The van der Waals surface area contributed by atoms with Gasteiger partial charge in [0.25, 0.3) is 10.0 Å². The van der Waals surface area contributed by atoms with Crippen LogP contribution in [0.4, 0.5) is 16.0 Å². The quantitative estimate of drug-likeness (QED) is 0.356. The number of esters is 1. The summed E-state index contributed by atoms with van der Waals surface area (Å²) < 4.78 is 45.8. The Balaban J connectivity index is 1.80. The average molecular weight is 515 g/mol. The molecule has 4 rings (SSSR count). The lowest BCUT2D eigenvalue weighted by Crippen LogP contribution is -2.18. The van der Waals surface area contributed by atoms with Crippen molar-refractivity contribution in [2.24, 2.45) is 0 Å². The Morgan fingerprint density at radius 1 is 1.11 bits per heavy atom. The van der Waals surface area contributed by atoms with Gasteiger partial charge in [0.1, 0.15) is 11.5 Å². The van der Waals surface area contributed by atoms with Crippen LogP contribution in [0.15, 0.2) is 65.8 Å². The minimum Gasteiger partial charge on any atom is -0.464 e. The molecule has 1 N–H and O–H groups in total. The van der Waals surface area contributed by atoms with Crippen molar-refractivity contribution in [1.29, 1.82) is 0 Å². The van der Waals surface area contributed by atoms with E-state index in [0.29, 0.717) is 22.5 Å². The lowest BCUT2D eigenvalue weighted by atomic mass is 10.1. The molecule has 0 atom stereocenters. The van der Waals surface area contributed by atoms with Gasteiger partial charge in [0.15, 0.2) is 0 Å².